The van der Waals surface area contributed by atoms with E-state index < -0.39 is 12.1 Å². The molecule has 5 N–H and O–H groups in total. The zero-order valence-electron chi connectivity index (χ0n) is 21.0. The molecule has 1 spiro atoms. The van der Waals surface area contributed by atoms with Gasteiger partial charge in [0.05, 0.1) is 18.3 Å². The number of aromatic hydroxyl groups is 1. The number of piperidine rings is 1. The van der Waals surface area contributed by atoms with Gasteiger partial charge >= 0.3 is 12.1 Å². The Hall–Kier alpha value is -3.51. The molecular weight excluding hydrogens is 507 g/mol. The third-order valence-electron chi connectivity index (χ3n) is 6.26. The van der Waals surface area contributed by atoms with Crippen LogP contribution in [0.15, 0.2) is 42.5 Å². The molecule has 208 valence electrons. The van der Waals surface area contributed by atoms with Crippen LogP contribution in [0.3, 0.4) is 0 Å². The molecule has 0 bridgehead atoms. The van der Waals surface area contributed by atoms with E-state index in [0.29, 0.717) is 18.0 Å². The van der Waals surface area contributed by atoms with E-state index in [1.807, 2.05) is 6.07 Å². The number of hydrogen-bond donors (Lipinski definition) is 4. The Kier molecular flexibility index (Phi) is 9.45. The number of aliphatic carboxylic acids is 1. The number of carboxylic acids is 1. The number of phenolic OH excluding ortho intramolecular Hbond substituents is 1. The van der Waals surface area contributed by atoms with Crippen LogP contribution in [0.25, 0.3) is 0 Å². The number of halogens is 3. The van der Waals surface area contributed by atoms with Gasteiger partial charge in [-0.25, -0.2) is 4.79 Å². The van der Waals surface area contributed by atoms with Crippen LogP contribution in [0.1, 0.15) is 25.3 Å². The number of phenols is 1. The highest BCUT2D eigenvalue weighted by molar-refractivity contribution is 5.81. The number of hydrogen-bond acceptors (Lipinski definition) is 8. The van der Waals surface area contributed by atoms with Crippen molar-refractivity contribution in [3.05, 3.63) is 48.0 Å². The number of nitrogens with one attached hydrogen (secondary N) is 1. The van der Waals surface area contributed by atoms with E-state index in [0.717, 1.165) is 44.6 Å². The molecule has 1 fully saturated rings. The number of fused-ring (bicyclic) bond motifs is 1. The first kappa shape index (κ1) is 29.1. The molecule has 0 saturated carbocycles. The first-order valence-corrected chi connectivity index (χ1v) is 12.1. The molecule has 38 heavy (non-hydrogen) atoms. The standard InChI is InChI=1S/C24H31N3O4.C2HF3O2/c1-17(28)14-26-21-7-6-20(29)12-23(21)30-16-19(25)15-27-10-8-24(9-11-27)13-18-4-2-3-5-22(18)31-24;3-2(4,5)1(6)7/h2-7,12,19,26,29H,8-11,13-16,25H2,1H3;(H,6,7)/t19-;/m1./s1. The first-order chi connectivity index (χ1) is 17.9. The van der Waals surface area contributed by atoms with Gasteiger partial charge in [0.25, 0.3) is 0 Å². The van der Waals surface area contributed by atoms with E-state index in [9.17, 15) is 23.1 Å². The Labute approximate surface area is 218 Å². The number of ketones is 1. The second-order valence-corrected chi connectivity index (χ2v) is 9.48. The van der Waals surface area contributed by atoms with Gasteiger partial charge in [-0.15, -0.1) is 0 Å². The van der Waals surface area contributed by atoms with Crippen molar-refractivity contribution < 1.29 is 42.4 Å². The molecule has 12 heteroatoms. The zero-order valence-corrected chi connectivity index (χ0v) is 21.0. The smallest absolute Gasteiger partial charge is 0.490 e. The van der Waals surface area contributed by atoms with E-state index >= 15 is 0 Å². The summed E-state index contributed by atoms with van der Waals surface area (Å²) < 4.78 is 43.9. The molecule has 2 aromatic rings. The highest BCUT2D eigenvalue weighted by Gasteiger charge is 2.42. The van der Waals surface area contributed by atoms with Crippen LogP contribution in [0.5, 0.6) is 17.2 Å². The minimum atomic E-state index is -5.08. The third-order valence-corrected chi connectivity index (χ3v) is 6.26. The molecule has 0 aromatic heterocycles. The molecule has 4 rings (SSSR count). The molecule has 0 aliphatic carbocycles. The van der Waals surface area contributed by atoms with Crippen LogP contribution in [0.4, 0.5) is 18.9 Å². The maximum atomic E-state index is 11.3. The van der Waals surface area contributed by atoms with Crippen LogP contribution in [0.2, 0.25) is 0 Å². The molecule has 1 saturated heterocycles. The highest BCUT2D eigenvalue weighted by Crippen LogP contribution is 2.40. The van der Waals surface area contributed by atoms with E-state index in [-0.39, 0.29) is 29.7 Å². The summed E-state index contributed by atoms with van der Waals surface area (Å²) >= 11 is 0. The van der Waals surface area contributed by atoms with Gasteiger partial charge in [-0.3, -0.25) is 4.79 Å². The quantitative estimate of drug-likeness (QED) is 0.373. The number of para-hydroxylation sites is 1. The van der Waals surface area contributed by atoms with Crippen molar-refractivity contribution in [2.24, 2.45) is 5.73 Å². The van der Waals surface area contributed by atoms with Gasteiger partial charge in [0.1, 0.15) is 35.2 Å². The van der Waals surface area contributed by atoms with Crippen molar-refractivity contribution in [2.75, 3.05) is 38.1 Å². The number of nitrogens with two attached hydrogens (primary N) is 1. The van der Waals surface area contributed by atoms with E-state index in [4.69, 9.17) is 25.1 Å². The number of alkyl halides is 3. The summed E-state index contributed by atoms with van der Waals surface area (Å²) in [5, 5.41) is 19.9. The van der Waals surface area contributed by atoms with Crippen LogP contribution in [0, 0.1) is 0 Å². The minimum Gasteiger partial charge on any atom is -0.508 e. The SMILES string of the molecule is CC(=O)CNc1ccc(O)cc1OC[C@H](N)CN1CCC2(CC1)Cc1ccccc1O2.O=C(O)C(F)(F)F. The number of rotatable bonds is 8. The number of carbonyl (C=O) groups excluding carboxylic acids is 1. The summed E-state index contributed by atoms with van der Waals surface area (Å²) in [5.74, 6) is -1.11. The minimum absolute atomic E-state index is 0.0212. The fraction of sp³-hybridized carbons (Fsp3) is 0.462. The second kappa shape index (κ2) is 12.4. The second-order valence-electron chi connectivity index (χ2n) is 9.48. The van der Waals surface area contributed by atoms with E-state index in [1.165, 1.54) is 18.6 Å². The molecule has 2 aliphatic rings. The number of carbonyl (C=O) groups is 2. The Bertz CT molecular complexity index is 1090. The number of Topliss-reactive ketones (excluding diaryl/α,β-unsaturated/α-hetero) is 1. The monoisotopic (exact) mass is 539 g/mol. The fourth-order valence-corrected chi connectivity index (χ4v) is 4.37. The number of carboxylic acid groups (broad SMARTS) is 1. The van der Waals surface area contributed by atoms with Crippen molar-refractivity contribution in [2.45, 2.75) is 44.0 Å². The number of likely N-dealkylation sites (tertiary alicyclic amines) is 1. The van der Waals surface area contributed by atoms with Crippen LogP contribution in [-0.4, -0.2) is 77.5 Å². The molecule has 0 radical (unpaired) electrons. The predicted octanol–water partition coefficient (Wildman–Crippen LogP) is 3.20. The fourth-order valence-electron chi connectivity index (χ4n) is 4.37. The Morgan fingerprint density at radius 2 is 1.87 bits per heavy atom. The average Bonchev–Trinajstić information content (AvgIpc) is 3.21. The third kappa shape index (κ3) is 8.25. The summed E-state index contributed by atoms with van der Waals surface area (Å²) in [6, 6.07) is 12.9. The topological polar surface area (TPSA) is 134 Å². The van der Waals surface area contributed by atoms with Gasteiger partial charge in [-0.1, -0.05) is 18.2 Å². The maximum absolute atomic E-state index is 11.3. The lowest BCUT2D eigenvalue weighted by Gasteiger charge is -2.39. The molecule has 0 unspecified atom stereocenters. The number of benzene rings is 2. The zero-order chi connectivity index (χ0) is 27.9. The lowest BCUT2D eigenvalue weighted by atomic mass is 9.87. The average molecular weight is 540 g/mol. The summed E-state index contributed by atoms with van der Waals surface area (Å²) in [4.78, 5) is 22.5. The maximum Gasteiger partial charge on any atom is 0.490 e. The molecule has 0 amide bonds. The number of nitrogens with zero attached hydrogens (tertiary/aromatic N) is 1. The first-order valence-electron chi connectivity index (χ1n) is 12.1. The Morgan fingerprint density at radius 1 is 1.21 bits per heavy atom. The molecule has 2 aromatic carbocycles. The van der Waals surface area contributed by atoms with Gasteiger partial charge in [0.15, 0.2) is 0 Å². The van der Waals surface area contributed by atoms with Gasteiger partial charge in [0.2, 0.25) is 0 Å². The van der Waals surface area contributed by atoms with Crippen LogP contribution < -0.4 is 20.5 Å². The normalized spacial score (nSPS) is 17.0. The summed E-state index contributed by atoms with van der Waals surface area (Å²) in [6.07, 6.45) is -2.12. The number of ether oxygens (including phenoxy) is 2. The predicted molar refractivity (Wildman–Crippen MR) is 134 cm³/mol. The molecular formula is C26H32F3N3O6. The van der Waals surface area contributed by atoms with Crippen molar-refractivity contribution in [3.63, 3.8) is 0 Å². The van der Waals surface area contributed by atoms with E-state index in [2.05, 4.69) is 28.4 Å². The Balaban J connectivity index is 0.000000505. The summed E-state index contributed by atoms with van der Waals surface area (Å²) in [7, 11) is 0. The molecule has 2 heterocycles. The van der Waals surface area contributed by atoms with Crippen molar-refractivity contribution >= 4 is 17.4 Å². The summed E-state index contributed by atoms with van der Waals surface area (Å²) in [6.45, 7) is 4.66. The van der Waals surface area contributed by atoms with Crippen LogP contribution in [-0.2, 0) is 16.0 Å². The molecule has 9 nitrogen and oxygen atoms in total. The van der Waals surface area contributed by atoms with E-state index in [1.54, 1.807) is 12.1 Å². The highest BCUT2D eigenvalue weighted by atomic mass is 19.4. The Morgan fingerprint density at radius 3 is 2.47 bits per heavy atom. The summed E-state index contributed by atoms with van der Waals surface area (Å²) in [5.41, 5.74) is 8.24. The van der Waals surface area contributed by atoms with Crippen molar-refractivity contribution in [3.8, 4) is 17.2 Å². The van der Waals surface area contributed by atoms with Crippen molar-refractivity contribution in [1.29, 1.82) is 0 Å². The molecule has 1 atom stereocenters. The van der Waals surface area contributed by atoms with Gasteiger partial charge in [0, 0.05) is 45.0 Å². The van der Waals surface area contributed by atoms with Crippen LogP contribution >= 0.6 is 0 Å². The van der Waals surface area contributed by atoms with Gasteiger partial charge < -0.3 is 35.6 Å². The number of anilines is 1. The van der Waals surface area contributed by atoms with Gasteiger partial charge in [-0.05, 0) is 30.7 Å². The van der Waals surface area contributed by atoms with Gasteiger partial charge in [-0.2, -0.15) is 13.2 Å². The lowest BCUT2D eigenvalue weighted by Crippen LogP contribution is -2.51. The molecule has 2 aliphatic heterocycles. The lowest BCUT2D eigenvalue weighted by molar-refractivity contribution is -0.192. The van der Waals surface area contributed by atoms with Crippen molar-refractivity contribution in [1.82, 2.24) is 4.90 Å². The largest absolute Gasteiger partial charge is 0.508 e.